The van der Waals surface area contributed by atoms with E-state index in [4.69, 9.17) is 4.74 Å². The molecule has 30 heavy (non-hydrogen) atoms. The van der Waals surface area contributed by atoms with Gasteiger partial charge < -0.3 is 4.74 Å². The number of aromatic nitrogens is 1. The van der Waals surface area contributed by atoms with Crippen molar-refractivity contribution in [2.45, 2.75) is 18.6 Å². The highest BCUT2D eigenvalue weighted by atomic mass is 32.2. The van der Waals surface area contributed by atoms with Crippen molar-refractivity contribution in [1.82, 2.24) is 8.87 Å². The Bertz CT molecular complexity index is 1210. The van der Waals surface area contributed by atoms with Crippen molar-refractivity contribution in [3.8, 4) is 0 Å². The molecule has 1 aromatic heterocycles. The smallest absolute Gasteiger partial charge is 0.340 e. The second-order valence-corrected chi connectivity index (χ2v) is 9.25. The van der Waals surface area contributed by atoms with Gasteiger partial charge in [-0.25, -0.2) is 17.5 Å². The molecule has 156 valence electrons. The number of carbonyl (C=O) groups excluding carboxylic acids is 2. The van der Waals surface area contributed by atoms with Gasteiger partial charge in [0.2, 0.25) is 10.0 Å². The Morgan fingerprint density at radius 1 is 1.00 bits per heavy atom. The number of methoxy groups -OCH3 is 1. The van der Waals surface area contributed by atoms with Crippen molar-refractivity contribution in [1.29, 1.82) is 0 Å². The summed E-state index contributed by atoms with van der Waals surface area (Å²) >= 11 is 0. The number of sulfonamides is 1. The van der Waals surface area contributed by atoms with Gasteiger partial charge in [-0.2, -0.15) is 0 Å². The minimum atomic E-state index is -3.34. The van der Waals surface area contributed by atoms with Gasteiger partial charge in [0.1, 0.15) is 0 Å². The van der Waals surface area contributed by atoms with Crippen LogP contribution in [0.4, 0.5) is 0 Å². The van der Waals surface area contributed by atoms with Gasteiger partial charge in [0.25, 0.3) is 5.91 Å². The van der Waals surface area contributed by atoms with E-state index in [1.54, 1.807) is 48.5 Å². The van der Waals surface area contributed by atoms with Gasteiger partial charge in [-0.3, -0.25) is 9.36 Å². The average molecular weight is 426 g/mol. The molecule has 1 aliphatic heterocycles. The SMILES string of the molecule is COC(=O)c1cn(C(=O)c2ccc(CS(=O)(=O)N3CCCC3)cc2)c2ccccc12. The minimum absolute atomic E-state index is 0.0829. The molecule has 0 unspecified atom stereocenters. The molecule has 0 atom stereocenters. The van der Waals surface area contributed by atoms with E-state index in [1.807, 2.05) is 0 Å². The van der Waals surface area contributed by atoms with Gasteiger partial charge in [-0.05, 0) is 36.6 Å². The predicted molar refractivity (Wildman–Crippen MR) is 113 cm³/mol. The first-order chi connectivity index (χ1) is 14.4. The summed E-state index contributed by atoms with van der Waals surface area (Å²) in [4.78, 5) is 25.2. The summed E-state index contributed by atoms with van der Waals surface area (Å²) in [6.45, 7) is 1.14. The number of esters is 1. The summed E-state index contributed by atoms with van der Waals surface area (Å²) in [5, 5.41) is 0.631. The van der Waals surface area contributed by atoms with Crippen molar-refractivity contribution in [2.24, 2.45) is 0 Å². The standard InChI is InChI=1S/C22H22N2O5S/c1-29-22(26)19-14-24(20-7-3-2-6-18(19)20)21(25)17-10-8-16(9-11-17)15-30(27,28)23-12-4-5-13-23/h2-3,6-11,14H,4-5,12-13,15H2,1H3. The molecular weight excluding hydrogens is 404 g/mol. The van der Waals surface area contributed by atoms with Crippen LogP contribution in [0.3, 0.4) is 0 Å². The highest BCUT2D eigenvalue weighted by Gasteiger charge is 2.25. The first-order valence-electron chi connectivity index (χ1n) is 9.70. The summed E-state index contributed by atoms with van der Waals surface area (Å²) in [7, 11) is -2.05. The van der Waals surface area contributed by atoms with Gasteiger partial charge in [0.05, 0.1) is 23.9 Å². The quantitative estimate of drug-likeness (QED) is 0.586. The fraction of sp³-hybridized carbons (Fsp3) is 0.273. The highest BCUT2D eigenvalue weighted by molar-refractivity contribution is 7.88. The second-order valence-electron chi connectivity index (χ2n) is 7.29. The molecule has 2 aromatic carbocycles. The molecule has 1 fully saturated rings. The molecule has 8 heteroatoms. The number of nitrogens with zero attached hydrogens (tertiary/aromatic N) is 2. The summed E-state index contributed by atoms with van der Waals surface area (Å²) in [5.41, 5.74) is 1.94. The summed E-state index contributed by atoms with van der Waals surface area (Å²) < 4.78 is 32.7. The molecule has 1 saturated heterocycles. The lowest BCUT2D eigenvalue weighted by Gasteiger charge is -2.15. The fourth-order valence-electron chi connectivity index (χ4n) is 3.77. The van der Waals surface area contributed by atoms with E-state index in [2.05, 4.69) is 0 Å². The van der Waals surface area contributed by atoms with Crippen molar-refractivity contribution >= 4 is 32.8 Å². The van der Waals surface area contributed by atoms with Crippen LogP contribution in [0.2, 0.25) is 0 Å². The van der Waals surface area contributed by atoms with Crippen LogP contribution in [0, 0.1) is 0 Å². The molecule has 0 bridgehead atoms. The Hall–Kier alpha value is -2.97. The van der Waals surface area contributed by atoms with Crippen LogP contribution in [0.1, 0.15) is 39.1 Å². The first-order valence-corrected chi connectivity index (χ1v) is 11.3. The maximum absolute atomic E-state index is 13.1. The number of hydrogen-bond acceptors (Lipinski definition) is 5. The summed E-state index contributed by atoms with van der Waals surface area (Å²) in [5.74, 6) is -0.907. The van der Waals surface area contributed by atoms with Gasteiger partial charge in [-0.15, -0.1) is 0 Å². The zero-order chi connectivity index (χ0) is 21.3. The number of ether oxygens (including phenoxy) is 1. The van der Waals surface area contributed by atoms with Crippen LogP contribution in [-0.2, 0) is 20.5 Å². The third-order valence-corrected chi connectivity index (χ3v) is 7.19. The second kappa shape index (κ2) is 8.04. The third kappa shape index (κ3) is 3.76. The molecule has 0 radical (unpaired) electrons. The Balaban J connectivity index is 1.61. The van der Waals surface area contributed by atoms with Crippen molar-refractivity contribution in [3.05, 3.63) is 71.4 Å². The largest absolute Gasteiger partial charge is 0.465 e. The lowest BCUT2D eigenvalue weighted by Crippen LogP contribution is -2.29. The van der Waals surface area contributed by atoms with Crippen LogP contribution in [-0.4, -0.2) is 49.4 Å². The summed E-state index contributed by atoms with van der Waals surface area (Å²) in [6.07, 6.45) is 3.26. The topological polar surface area (TPSA) is 85.7 Å². The number of hydrogen-bond donors (Lipinski definition) is 0. The van der Waals surface area contributed by atoms with E-state index in [1.165, 1.54) is 22.2 Å². The van der Waals surface area contributed by atoms with Gasteiger partial charge in [0.15, 0.2) is 0 Å². The zero-order valence-electron chi connectivity index (χ0n) is 16.6. The molecular formula is C22H22N2O5S. The van der Waals surface area contributed by atoms with Gasteiger partial charge in [-0.1, -0.05) is 30.3 Å². The predicted octanol–water partition coefficient (Wildman–Crippen LogP) is 3.04. The van der Waals surface area contributed by atoms with Crippen LogP contribution < -0.4 is 0 Å². The Labute approximate surface area is 174 Å². The number of para-hydroxylation sites is 1. The molecule has 0 aliphatic carbocycles. The zero-order valence-corrected chi connectivity index (χ0v) is 17.4. The number of carbonyl (C=O) groups is 2. The molecule has 4 rings (SSSR count). The Morgan fingerprint density at radius 2 is 1.67 bits per heavy atom. The first kappa shape index (κ1) is 20.3. The van der Waals surface area contributed by atoms with Crippen molar-refractivity contribution in [3.63, 3.8) is 0 Å². The Morgan fingerprint density at radius 3 is 2.33 bits per heavy atom. The number of rotatable bonds is 5. The van der Waals surface area contributed by atoms with Crippen molar-refractivity contribution in [2.75, 3.05) is 20.2 Å². The van der Waals surface area contributed by atoms with Crippen LogP contribution in [0.5, 0.6) is 0 Å². The highest BCUT2D eigenvalue weighted by Crippen LogP contribution is 2.24. The lowest BCUT2D eigenvalue weighted by molar-refractivity contribution is 0.0603. The van der Waals surface area contributed by atoms with E-state index in [-0.39, 0.29) is 11.7 Å². The van der Waals surface area contributed by atoms with Gasteiger partial charge >= 0.3 is 5.97 Å². The Kier molecular flexibility index (Phi) is 5.44. The number of fused-ring (bicyclic) bond motifs is 1. The molecule has 0 saturated carbocycles. The molecule has 0 N–H and O–H groups in total. The lowest BCUT2D eigenvalue weighted by atomic mass is 10.1. The molecule has 0 spiro atoms. The monoisotopic (exact) mass is 426 g/mol. The number of benzene rings is 2. The van der Waals surface area contributed by atoms with Crippen molar-refractivity contribution < 1.29 is 22.7 Å². The normalized spacial score (nSPS) is 14.8. The summed E-state index contributed by atoms with van der Waals surface area (Å²) in [6, 6.07) is 13.7. The van der Waals surface area contributed by atoms with Crippen LogP contribution >= 0.6 is 0 Å². The van der Waals surface area contributed by atoms with Gasteiger partial charge in [0, 0.05) is 30.2 Å². The van der Waals surface area contributed by atoms with E-state index in [0.29, 0.717) is 40.7 Å². The molecule has 3 aromatic rings. The molecule has 7 nitrogen and oxygen atoms in total. The van der Waals surface area contributed by atoms with E-state index < -0.39 is 16.0 Å². The maximum atomic E-state index is 13.1. The van der Waals surface area contributed by atoms with Crippen LogP contribution in [0.15, 0.2) is 54.7 Å². The molecule has 0 amide bonds. The van der Waals surface area contributed by atoms with E-state index in [0.717, 1.165) is 12.8 Å². The minimum Gasteiger partial charge on any atom is -0.465 e. The van der Waals surface area contributed by atoms with Crippen LogP contribution in [0.25, 0.3) is 10.9 Å². The maximum Gasteiger partial charge on any atom is 0.340 e. The fourth-order valence-corrected chi connectivity index (χ4v) is 5.38. The van der Waals surface area contributed by atoms with E-state index >= 15 is 0 Å². The molecule has 1 aliphatic rings. The third-order valence-electron chi connectivity index (χ3n) is 5.34. The molecule has 2 heterocycles. The van der Waals surface area contributed by atoms with E-state index in [9.17, 15) is 18.0 Å². The average Bonchev–Trinajstić information content (AvgIpc) is 3.42.